The van der Waals surface area contributed by atoms with E-state index in [2.05, 4.69) is 15.4 Å². The van der Waals surface area contributed by atoms with Crippen LogP contribution in [0.1, 0.15) is 55.7 Å². The highest BCUT2D eigenvalue weighted by molar-refractivity contribution is 6.03. The van der Waals surface area contributed by atoms with E-state index in [9.17, 15) is 9.59 Å². The molecule has 0 fully saturated rings. The minimum atomic E-state index is -0.314. The molecule has 1 amide bonds. The number of hydrogen-bond donors (Lipinski definition) is 2. The number of aromatic nitrogens is 3. The minimum Gasteiger partial charge on any atom is -0.326 e. The van der Waals surface area contributed by atoms with E-state index in [0.717, 1.165) is 5.69 Å². The first-order chi connectivity index (χ1) is 9.88. The maximum Gasteiger partial charge on any atom is 0.257 e. The Morgan fingerprint density at radius 3 is 2.62 bits per heavy atom. The molecule has 2 heterocycles. The normalized spacial score (nSPS) is 11.1. The van der Waals surface area contributed by atoms with Gasteiger partial charge in [-0.05, 0) is 25.8 Å². The van der Waals surface area contributed by atoms with Crippen molar-refractivity contribution in [2.75, 3.05) is 5.32 Å². The van der Waals surface area contributed by atoms with Crippen LogP contribution in [-0.2, 0) is 0 Å². The van der Waals surface area contributed by atoms with E-state index in [0.29, 0.717) is 11.4 Å². The highest BCUT2D eigenvalue weighted by atomic mass is 16.2. The van der Waals surface area contributed by atoms with Gasteiger partial charge in [0.05, 0.1) is 6.20 Å². The average molecular weight is 288 g/mol. The predicted molar refractivity (Wildman–Crippen MR) is 81.7 cm³/mol. The van der Waals surface area contributed by atoms with Gasteiger partial charge in [0.1, 0.15) is 5.82 Å². The summed E-state index contributed by atoms with van der Waals surface area (Å²) in [6.45, 7) is 7.88. The summed E-state index contributed by atoms with van der Waals surface area (Å²) in [5, 5.41) is 6.95. The van der Waals surface area contributed by atoms with Crippen LogP contribution < -0.4 is 10.9 Å². The lowest BCUT2D eigenvalue weighted by Crippen LogP contribution is -2.20. The molecule has 6 nitrogen and oxygen atoms in total. The van der Waals surface area contributed by atoms with Gasteiger partial charge in [0.25, 0.3) is 5.91 Å². The second-order valence-electron chi connectivity index (χ2n) is 5.55. The van der Waals surface area contributed by atoms with Crippen molar-refractivity contribution < 1.29 is 4.79 Å². The Bertz CT molecular complexity index is 698. The first-order valence-electron chi connectivity index (χ1n) is 6.97. The molecule has 0 spiro atoms. The summed E-state index contributed by atoms with van der Waals surface area (Å²) < 4.78 is 1.72. The van der Waals surface area contributed by atoms with Crippen LogP contribution in [0.5, 0.6) is 0 Å². The Labute approximate surface area is 123 Å². The summed E-state index contributed by atoms with van der Waals surface area (Å²) in [6.07, 6.45) is 1.63. The summed E-state index contributed by atoms with van der Waals surface area (Å²) in [5.74, 6) is 0.443. The molecule has 2 N–H and O–H groups in total. The number of aromatic amines is 1. The molecule has 0 aliphatic heterocycles. The molecule has 2 rings (SSSR count). The molecule has 112 valence electrons. The number of pyridine rings is 1. The zero-order chi connectivity index (χ0) is 15.6. The van der Waals surface area contributed by atoms with E-state index < -0.39 is 0 Å². The molecule has 0 aliphatic carbocycles. The SMILES string of the molecule is CC(C)c1cc(C(=O)Nc2ccnn2C(C)C)cc(=O)[nH]1. The Morgan fingerprint density at radius 2 is 2.00 bits per heavy atom. The number of H-pyrrole nitrogens is 1. The van der Waals surface area contributed by atoms with Crippen LogP contribution in [0.25, 0.3) is 0 Å². The standard InChI is InChI=1S/C15H20N4O2/c1-9(2)12-7-11(8-14(20)17-12)15(21)18-13-5-6-16-19(13)10(3)4/h5-10H,1-4H3,(H,17,20)(H,18,21). The number of nitrogens with one attached hydrogen (secondary N) is 2. The van der Waals surface area contributed by atoms with Gasteiger partial charge in [0.2, 0.25) is 5.56 Å². The summed E-state index contributed by atoms with van der Waals surface area (Å²) in [7, 11) is 0. The van der Waals surface area contributed by atoms with Gasteiger partial charge in [0, 0.05) is 29.4 Å². The fourth-order valence-corrected chi connectivity index (χ4v) is 2.02. The van der Waals surface area contributed by atoms with E-state index in [4.69, 9.17) is 0 Å². The molecular weight excluding hydrogens is 268 g/mol. The van der Waals surface area contributed by atoms with Gasteiger partial charge >= 0.3 is 0 Å². The zero-order valence-corrected chi connectivity index (χ0v) is 12.7. The molecular formula is C15H20N4O2. The third-order valence-corrected chi connectivity index (χ3v) is 3.15. The third-order valence-electron chi connectivity index (χ3n) is 3.15. The molecule has 0 saturated heterocycles. The van der Waals surface area contributed by atoms with Crippen LogP contribution in [0.15, 0.2) is 29.2 Å². The smallest absolute Gasteiger partial charge is 0.257 e. The number of nitrogens with zero attached hydrogens (tertiary/aromatic N) is 2. The number of hydrogen-bond acceptors (Lipinski definition) is 3. The van der Waals surface area contributed by atoms with E-state index in [1.165, 1.54) is 6.07 Å². The number of rotatable bonds is 4. The minimum absolute atomic E-state index is 0.140. The fourth-order valence-electron chi connectivity index (χ4n) is 2.02. The van der Waals surface area contributed by atoms with Crippen LogP contribution in [-0.4, -0.2) is 20.7 Å². The fraction of sp³-hybridized carbons (Fsp3) is 0.400. The third kappa shape index (κ3) is 3.39. The van der Waals surface area contributed by atoms with Crippen LogP contribution >= 0.6 is 0 Å². The highest BCUT2D eigenvalue weighted by Crippen LogP contribution is 2.15. The van der Waals surface area contributed by atoms with E-state index in [1.807, 2.05) is 27.7 Å². The average Bonchev–Trinajstić information content (AvgIpc) is 2.86. The highest BCUT2D eigenvalue weighted by Gasteiger charge is 2.13. The second-order valence-corrected chi connectivity index (χ2v) is 5.55. The van der Waals surface area contributed by atoms with Crippen molar-refractivity contribution in [2.45, 2.75) is 39.7 Å². The lowest BCUT2D eigenvalue weighted by Gasteiger charge is -2.12. The number of amides is 1. The maximum atomic E-state index is 12.3. The quantitative estimate of drug-likeness (QED) is 0.907. The topological polar surface area (TPSA) is 79.8 Å². The molecule has 21 heavy (non-hydrogen) atoms. The molecule has 0 saturated carbocycles. The van der Waals surface area contributed by atoms with Crippen LogP contribution in [0.4, 0.5) is 5.82 Å². The monoisotopic (exact) mass is 288 g/mol. The molecule has 0 unspecified atom stereocenters. The van der Waals surface area contributed by atoms with Gasteiger partial charge in [-0.1, -0.05) is 13.8 Å². The lowest BCUT2D eigenvalue weighted by molar-refractivity contribution is 0.102. The Kier molecular flexibility index (Phi) is 4.26. The number of carbonyl (C=O) groups excluding carboxylic acids is 1. The maximum absolute atomic E-state index is 12.3. The molecule has 0 radical (unpaired) electrons. The zero-order valence-electron chi connectivity index (χ0n) is 12.7. The van der Waals surface area contributed by atoms with Crippen LogP contribution in [0.3, 0.4) is 0 Å². The van der Waals surface area contributed by atoms with Crippen LogP contribution in [0, 0.1) is 0 Å². The lowest BCUT2D eigenvalue weighted by atomic mass is 10.1. The molecule has 2 aromatic rings. The van der Waals surface area contributed by atoms with Gasteiger partial charge in [0.15, 0.2) is 0 Å². The predicted octanol–water partition coefficient (Wildman–Crippen LogP) is 2.53. The van der Waals surface area contributed by atoms with Crippen molar-refractivity contribution in [3.8, 4) is 0 Å². The first kappa shape index (κ1) is 15.0. The van der Waals surface area contributed by atoms with Gasteiger partial charge in [-0.25, -0.2) is 4.68 Å². The summed E-state index contributed by atoms with van der Waals surface area (Å²) in [5.41, 5.74) is 0.813. The van der Waals surface area contributed by atoms with Gasteiger partial charge in [-0.3, -0.25) is 9.59 Å². The van der Waals surface area contributed by atoms with Crippen molar-refractivity contribution >= 4 is 11.7 Å². The van der Waals surface area contributed by atoms with Gasteiger partial charge in [-0.2, -0.15) is 5.10 Å². The van der Waals surface area contributed by atoms with Crippen molar-refractivity contribution in [1.82, 2.24) is 14.8 Å². The number of anilines is 1. The first-order valence-corrected chi connectivity index (χ1v) is 6.97. The summed E-state index contributed by atoms with van der Waals surface area (Å²) in [4.78, 5) is 26.7. The molecule has 0 atom stereocenters. The summed E-state index contributed by atoms with van der Waals surface area (Å²) >= 11 is 0. The summed E-state index contributed by atoms with van der Waals surface area (Å²) in [6, 6.07) is 4.88. The molecule has 0 aliphatic rings. The second kappa shape index (κ2) is 5.95. The van der Waals surface area contributed by atoms with Crippen molar-refractivity contribution in [3.05, 3.63) is 46.0 Å². The Balaban J connectivity index is 2.28. The van der Waals surface area contributed by atoms with Gasteiger partial charge < -0.3 is 10.3 Å². The van der Waals surface area contributed by atoms with Crippen LogP contribution in [0.2, 0.25) is 0 Å². The van der Waals surface area contributed by atoms with Crippen molar-refractivity contribution in [2.24, 2.45) is 0 Å². The Hall–Kier alpha value is -2.37. The van der Waals surface area contributed by atoms with E-state index in [-0.39, 0.29) is 23.4 Å². The molecule has 0 aromatic carbocycles. The van der Waals surface area contributed by atoms with E-state index in [1.54, 1.807) is 23.0 Å². The Morgan fingerprint density at radius 1 is 1.29 bits per heavy atom. The largest absolute Gasteiger partial charge is 0.326 e. The molecule has 0 bridgehead atoms. The van der Waals surface area contributed by atoms with Gasteiger partial charge in [-0.15, -0.1) is 0 Å². The number of carbonyl (C=O) groups is 1. The molecule has 2 aromatic heterocycles. The molecule has 6 heteroatoms. The van der Waals surface area contributed by atoms with Crippen molar-refractivity contribution in [3.63, 3.8) is 0 Å². The van der Waals surface area contributed by atoms with Crippen molar-refractivity contribution in [1.29, 1.82) is 0 Å². The van der Waals surface area contributed by atoms with E-state index >= 15 is 0 Å².